The van der Waals surface area contributed by atoms with Gasteiger partial charge in [0.15, 0.2) is 11.5 Å². The Labute approximate surface area is 141 Å². The fourth-order valence-corrected chi connectivity index (χ4v) is 2.32. The lowest BCUT2D eigenvalue weighted by Gasteiger charge is -2.11. The van der Waals surface area contributed by atoms with Crippen molar-refractivity contribution in [2.45, 2.75) is 13.8 Å². The van der Waals surface area contributed by atoms with Crippen LogP contribution in [0, 0.1) is 0 Å². The smallest absolute Gasteiger partial charge is 0.179 e. The highest BCUT2D eigenvalue weighted by atomic mass is 35.5. The third kappa shape index (κ3) is 4.63. The quantitative estimate of drug-likeness (QED) is 0.677. The van der Waals surface area contributed by atoms with Gasteiger partial charge in [-0.05, 0) is 55.8 Å². The molecule has 5 heteroatoms. The molecule has 0 saturated carbocycles. The third-order valence-electron chi connectivity index (χ3n) is 3.05. The number of halogens is 1. The number of ether oxygens (including phenoxy) is 3. The van der Waals surface area contributed by atoms with E-state index in [1.165, 1.54) is 0 Å². The molecule has 122 valence electrons. The van der Waals surface area contributed by atoms with Gasteiger partial charge in [-0.15, -0.1) is 0 Å². The van der Waals surface area contributed by atoms with Crippen molar-refractivity contribution < 1.29 is 14.2 Å². The average Bonchev–Trinajstić information content (AvgIpc) is 2.56. The second-order valence-corrected chi connectivity index (χ2v) is 5.06. The van der Waals surface area contributed by atoms with Crippen molar-refractivity contribution in [3.8, 4) is 17.2 Å². The van der Waals surface area contributed by atoms with Crippen molar-refractivity contribution in [2.75, 3.05) is 20.3 Å². The lowest BCUT2D eigenvalue weighted by atomic mass is 10.2. The number of benzene rings is 2. The van der Waals surface area contributed by atoms with Crippen molar-refractivity contribution in [1.29, 1.82) is 0 Å². The van der Waals surface area contributed by atoms with Crippen LogP contribution in [0.1, 0.15) is 19.4 Å². The molecule has 0 spiro atoms. The van der Waals surface area contributed by atoms with Gasteiger partial charge in [0.05, 0.1) is 31.0 Å². The van der Waals surface area contributed by atoms with E-state index in [-0.39, 0.29) is 0 Å². The molecule has 0 unspecified atom stereocenters. The Hall–Kier alpha value is -2.20. The minimum absolute atomic E-state index is 0.499. The van der Waals surface area contributed by atoms with Crippen molar-refractivity contribution in [3.63, 3.8) is 0 Å². The van der Waals surface area contributed by atoms with Gasteiger partial charge in [0.2, 0.25) is 0 Å². The Kier molecular flexibility index (Phi) is 6.29. The highest BCUT2D eigenvalue weighted by Crippen LogP contribution is 2.36. The van der Waals surface area contributed by atoms with Gasteiger partial charge in [0.25, 0.3) is 0 Å². The second kappa shape index (κ2) is 8.44. The van der Waals surface area contributed by atoms with Crippen LogP contribution in [0.15, 0.2) is 41.4 Å². The van der Waals surface area contributed by atoms with Crippen LogP contribution in [0.2, 0.25) is 5.02 Å². The zero-order chi connectivity index (χ0) is 16.7. The Morgan fingerprint density at radius 1 is 1.04 bits per heavy atom. The largest absolute Gasteiger partial charge is 0.494 e. The predicted molar refractivity (Wildman–Crippen MR) is 94.0 cm³/mol. The molecule has 0 aliphatic heterocycles. The van der Waals surface area contributed by atoms with Gasteiger partial charge in [0, 0.05) is 6.21 Å². The van der Waals surface area contributed by atoms with E-state index in [0.717, 1.165) is 17.0 Å². The molecule has 0 N–H and O–H groups in total. The maximum Gasteiger partial charge on any atom is 0.179 e. The highest BCUT2D eigenvalue weighted by Gasteiger charge is 2.10. The van der Waals surface area contributed by atoms with Crippen molar-refractivity contribution in [2.24, 2.45) is 4.99 Å². The van der Waals surface area contributed by atoms with E-state index in [4.69, 9.17) is 25.8 Å². The van der Waals surface area contributed by atoms with E-state index >= 15 is 0 Å². The summed E-state index contributed by atoms with van der Waals surface area (Å²) in [5.41, 5.74) is 1.67. The normalized spacial score (nSPS) is 10.8. The molecule has 0 atom stereocenters. The molecule has 0 radical (unpaired) electrons. The van der Waals surface area contributed by atoms with Crippen LogP contribution < -0.4 is 14.2 Å². The van der Waals surface area contributed by atoms with E-state index in [1.54, 1.807) is 19.4 Å². The van der Waals surface area contributed by atoms with Crippen molar-refractivity contribution in [3.05, 3.63) is 47.0 Å². The molecule has 0 aromatic heterocycles. The van der Waals surface area contributed by atoms with Crippen LogP contribution in [0.5, 0.6) is 17.2 Å². The van der Waals surface area contributed by atoms with Crippen molar-refractivity contribution >= 4 is 23.5 Å². The Balaban J connectivity index is 2.20. The van der Waals surface area contributed by atoms with E-state index in [1.807, 2.05) is 44.2 Å². The number of rotatable bonds is 7. The van der Waals surface area contributed by atoms with E-state index in [2.05, 4.69) is 4.99 Å². The molecule has 2 rings (SSSR count). The first-order chi connectivity index (χ1) is 11.2. The SMILES string of the molecule is CCOc1ccc(N=Cc2cc(Cl)c(OCC)c(OC)c2)cc1. The molecule has 2 aromatic rings. The zero-order valence-electron chi connectivity index (χ0n) is 13.5. The van der Waals surface area contributed by atoms with Gasteiger partial charge < -0.3 is 14.2 Å². The van der Waals surface area contributed by atoms with Gasteiger partial charge in [-0.1, -0.05) is 11.6 Å². The Bertz CT molecular complexity index is 669. The fraction of sp³-hybridized carbons (Fsp3) is 0.278. The first-order valence-electron chi connectivity index (χ1n) is 7.45. The maximum atomic E-state index is 6.25. The predicted octanol–water partition coefficient (Wildman–Crippen LogP) is 4.90. The van der Waals surface area contributed by atoms with E-state index in [0.29, 0.717) is 29.7 Å². The summed E-state index contributed by atoms with van der Waals surface area (Å²) >= 11 is 6.25. The number of hydrogen-bond acceptors (Lipinski definition) is 4. The summed E-state index contributed by atoms with van der Waals surface area (Å²) in [5.74, 6) is 1.97. The zero-order valence-corrected chi connectivity index (χ0v) is 14.3. The maximum absolute atomic E-state index is 6.25. The van der Waals surface area contributed by atoms with Gasteiger partial charge in [-0.2, -0.15) is 0 Å². The molecule has 0 heterocycles. The highest BCUT2D eigenvalue weighted by molar-refractivity contribution is 6.32. The van der Waals surface area contributed by atoms with Gasteiger partial charge in [-0.25, -0.2) is 0 Å². The van der Waals surface area contributed by atoms with Crippen LogP contribution in [0.4, 0.5) is 5.69 Å². The monoisotopic (exact) mass is 333 g/mol. The average molecular weight is 334 g/mol. The minimum atomic E-state index is 0.499. The second-order valence-electron chi connectivity index (χ2n) is 4.65. The van der Waals surface area contributed by atoms with Gasteiger partial charge >= 0.3 is 0 Å². The van der Waals surface area contributed by atoms with Gasteiger partial charge in [-0.3, -0.25) is 4.99 Å². The van der Waals surface area contributed by atoms with Crippen LogP contribution in [-0.4, -0.2) is 26.5 Å². The summed E-state index contributed by atoms with van der Waals surface area (Å²) in [4.78, 5) is 4.43. The number of methoxy groups -OCH3 is 1. The summed E-state index contributed by atoms with van der Waals surface area (Å²) in [6.45, 7) is 5.02. The molecule has 0 fully saturated rings. The molecule has 0 saturated heterocycles. The number of hydrogen-bond donors (Lipinski definition) is 0. The van der Waals surface area contributed by atoms with E-state index < -0.39 is 0 Å². The summed E-state index contributed by atoms with van der Waals surface area (Å²) in [7, 11) is 1.58. The first kappa shape index (κ1) is 17.2. The Morgan fingerprint density at radius 2 is 1.74 bits per heavy atom. The molecule has 0 aliphatic rings. The fourth-order valence-electron chi connectivity index (χ4n) is 2.04. The summed E-state index contributed by atoms with van der Waals surface area (Å²) < 4.78 is 16.2. The standard InChI is InChI=1S/C18H20ClNO3/c1-4-22-15-8-6-14(7-9-15)20-12-13-10-16(19)18(23-5-2)17(11-13)21-3/h6-12H,4-5H2,1-3H3. The summed E-state index contributed by atoms with van der Waals surface area (Å²) in [6.07, 6.45) is 1.74. The van der Waals surface area contributed by atoms with E-state index in [9.17, 15) is 0 Å². The third-order valence-corrected chi connectivity index (χ3v) is 3.33. The molecule has 0 bridgehead atoms. The lowest BCUT2D eigenvalue weighted by Crippen LogP contribution is -1.97. The minimum Gasteiger partial charge on any atom is -0.494 e. The van der Waals surface area contributed by atoms with Crippen LogP contribution in [0.3, 0.4) is 0 Å². The molecular weight excluding hydrogens is 314 g/mol. The number of nitrogens with zero attached hydrogens (tertiary/aromatic N) is 1. The van der Waals surface area contributed by atoms with Crippen molar-refractivity contribution in [1.82, 2.24) is 0 Å². The first-order valence-corrected chi connectivity index (χ1v) is 7.83. The molecule has 2 aromatic carbocycles. The van der Waals surface area contributed by atoms with Gasteiger partial charge in [0.1, 0.15) is 5.75 Å². The number of aliphatic imine (C=N–C) groups is 1. The topological polar surface area (TPSA) is 40.0 Å². The molecular formula is C18H20ClNO3. The summed E-state index contributed by atoms with van der Waals surface area (Å²) in [6, 6.07) is 11.2. The molecule has 0 amide bonds. The molecule has 23 heavy (non-hydrogen) atoms. The molecule has 0 aliphatic carbocycles. The van der Waals surface area contributed by atoms with Crippen LogP contribution in [0.25, 0.3) is 0 Å². The van der Waals surface area contributed by atoms with Crippen LogP contribution in [-0.2, 0) is 0 Å². The molecule has 4 nitrogen and oxygen atoms in total. The Morgan fingerprint density at radius 3 is 2.35 bits per heavy atom. The lowest BCUT2D eigenvalue weighted by molar-refractivity contribution is 0.311. The van der Waals surface area contributed by atoms with Crippen LogP contribution >= 0.6 is 11.6 Å². The summed E-state index contributed by atoms with van der Waals surface area (Å²) in [5, 5.41) is 0.499.